The molecule has 1 aromatic carbocycles. The first-order valence-corrected chi connectivity index (χ1v) is 13.8. The lowest BCUT2D eigenvalue weighted by molar-refractivity contribution is -0.258. The van der Waals surface area contributed by atoms with E-state index in [-0.39, 0.29) is 30.8 Å². The maximum Gasteiger partial charge on any atom is 0.421 e. The Bertz CT molecular complexity index is 1090. The average Bonchev–Trinajstić information content (AvgIpc) is 3.34. The van der Waals surface area contributed by atoms with Crippen molar-refractivity contribution in [2.24, 2.45) is 0 Å². The van der Waals surface area contributed by atoms with Gasteiger partial charge in [0.05, 0.1) is 18.8 Å². The maximum absolute atomic E-state index is 13.3. The third-order valence-corrected chi connectivity index (χ3v) is 9.88. The van der Waals surface area contributed by atoms with E-state index in [2.05, 4.69) is 4.90 Å². The lowest BCUT2D eigenvalue weighted by Gasteiger charge is -2.45. The van der Waals surface area contributed by atoms with Crippen molar-refractivity contribution in [3.8, 4) is 0 Å². The van der Waals surface area contributed by atoms with Crippen LogP contribution in [0.2, 0.25) is 0 Å². The van der Waals surface area contributed by atoms with Crippen molar-refractivity contribution in [1.29, 1.82) is 0 Å². The number of hydrogen-bond donors (Lipinski definition) is 1. The van der Waals surface area contributed by atoms with Crippen LogP contribution in [0.25, 0.3) is 0 Å². The molecule has 7 nitrogen and oxygen atoms in total. The molecular formula is C23H30F3N3O4S2. The predicted molar refractivity (Wildman–Crippen MR) is 128 cm³/mol. The smallest absolute Gasteiger partial charge is 0.376 e. The number of benzene rings is 1. The number of sulfonamides is 1. The largest absolute Gasteiger partial charge is 0.421 e. The Morgan fingerprint density at radius 2 is 1.83 bits per heavy atom. The molecule has 2 saturated heterocycles. The SMILES string of the molecule is C[C@@H]1CN(C[C@H]2CN(S(=O)(=O)c3cccs3)CCN2c2ccc([C@@](C)(O)C(F)(F)F)cc2)CCO1. The summed E-state index contributed by atoms with van der Waals surface area (Å²) in [6, 6.07) is 8.78. The Hall–Kier alpha value is -1.70. The zero-order chi connectivity index (χ0) is 25.4. The molecule has 1 aromatic heterocycles. The highest BCUT2D eigenvalue weighted by Crippen LogP contribution is 2.39. The third kappa shape index (κ3) is 5.52. The standard InChI is InChI=1S/C23H30F3N3O4S2/c1-17-14-27(11-12-33-17)15-20-16-28(35(31,32)21-4-3-13-34-21)9-10-29(20)19-7-5-18(6-8-19)22(2,30)23(24,25)26/h3-8,13,17,20,30H,9-12,14-16H2,1-2H3/t17-,20+,22-/m1/s1. The number of aliphatic hydroxyl groups is 1. The van der Waals surface area contributed by atoms with Crippen LogP contribution in [-0.4, -0.2) is 86.9 Å². The number of hydrogen-bond acceptors (Lipinski definition) is 7. The molecule has 1 N–H and O–H groups in total. The molecule has 0 radical (unpaired) electrons. The van der Waals surface area contributed by atoms with Gasteiger partial charge in [0, 0.05) is 45.0 Å². The van der Waals surface area contributed by atoms with Gasteiger partial charge in [-0.25, -0.2) is 8.42 Å². The van der Waals surface area contributed by atoms with Crippen LogP contribution in [0.15, 0.2) is 46.0 Å². The summed E-state index contributed by atoms with van der Waals surface area (Å²) in [6.45, 7) is 6.26. The monoisotopic (exact) mass is 533 g/mol. The van der Waals surface area contributed by atoms with Gasteiger partial charge in [0.2, 0.25) is 0 Å². The van der Waals surface area contributed by atoms with Crippen LogP contribution in [0.3, 0.4) is 0 Å². The van der Waals surface area contributed by atoms with Gasteiger partial charge < -0.3 is 14.7 Å². The highest BCUT2D eigenvalue weighted by Gasteiger charge is 2.51. The molecule has 0 saturated carbocycles. The molecule has 0 amide bonds. The van der Waals surface area contributed by atoms with Gasteiger partial charge in [-0.15, -0.1) is 11.3 Å². The number of piperazine rings is 1. The molecule has 4 rings (SSSR count). The minimum absolute atomic E-state index is 0.0654. The minimum Gasteiger partial charge on any atom is -0.376 e. The van der Waals surface area contributed by atoms with E-state index in [1.54, 1.807) is 29.6 Å². The van der Waals surface area contributed by atoms with Crippen LogP contribution >= 0.6 is 11.3 Å². The second kappa shape index (κ2) is 9.98. The number of rotatable bonds is 6. The molecule has 0 aliphatic carbocycles. The van der Waals surface area contributed by atoms with E-state index >= 15 is 0 Å². The molecule has 2 aliphatic heterocycles. The normalized spacial score (nSPS) is 24.9. The number of morpholine rings is 1. The van der Waals surface area contributed by atoms with Crippen LogP contribution in [-0.2, 0) is 20.4 Å². The van der Waals surface area contributed by atoms with Crippen LogP contribution in [0.1, 0.15) is 19.4 Å². The molecule has 0 bridgehead atoms. The summed E-state index contributed by atoms with van der Waals surface area (Å²) in [5.41, 5.74) is -2.51. The predicted octanol–water partition coefficient (Wildman–Crippen LogP) is 3.12. The Morgan fingerprint density at radius 3 is 2.43 bits per heavy atom. The quantitative estimate of drug-likeness (QED) is 0.615. The highest BCUT2D eigenvalue weighted by atomic mass is 32.2. The van der Waals surface area contributed by atoms with Gasteiger partial charge in [-0.05, 0) is 43.0 Å². The molecule has 0 spiro atoms. The van der Waals surface area contributed by atoms with Crippen LogP contribution in [0, 0.1) is 0 Å². The lowest BCUT2D eigenvalue weighted by atomic mass is 9.95. The van der Waals surface area contributed by atoms with Gasteiger partial charge in [0.1, 0.15) is 4.21 Å². The topological polar surface area (TPSA) is 73.3 Å². The Balaban J connectivity index is 1.59. The second-order valence-electron chi connectivity index (χ2n) is 9.20. The van der Waals surface area contributed by atoms with Crippen LogP contribution in [0.5, 0.6) is 0 Å². The van der Waals surface area contributed by atoms with E-state index in [1.165, 1.54) is 27.8 Å². The van der Waals surface area contributed by atoms with Crippen LogP contribution < -0.4 is 4.90 Å². The fourth-order valence-electron chi connectivity index (χ4n) is 4.57. The van der Waals surface area contributed by atoms with E-state index in [4.69, 9.17) is 4.74 Å². The summed E-state index contributed by atoms with van der Waals surface area (Å²) in [6.07, 6.45) is -4.73. The molecular weight excluding hydrogens is 503 g/mol. The Morgan fingerprint density at radius 1 is 1.11 bits per heavy atom. The van der Waals surface area contributed by atoms with Gasteiger partial charge in [0.15, 0.2) is 5.60 Å². The van der Waals surface area contributed by atoms with Gasteiger partial charge in [-0.3, -0.25) is 4.90 Å². The fraction of sp³-hybridized carbons (Fsp3) is 0.565. The van der Waals surface area contributed by atoms with Crippen molar-refractivity contribution in [3.05, 3.63) is 47.3 Å². The molecule has 3 atom stereocenters. The van der Waals surface area contributed by atoms with Crippen molar-refractivity contribution in [2.75, 3.05) is 50.8 Å². The average molecular weight is 534 g/mol. The first kappa shape index (κ1) is 26.4. The second-order valence-corrected chi connectivity index (χ2v) is 12.3. The van der Waals surface area contributed by atoms with Crippen LogP contribution in [0.4, 0.5) is 18.9 Å². The number of anilines is 1. The first-order chi connectivity index (χ1) is 16.4. The summed E-state index contributed by atoms with van der Waals surface area (Å²) in [5.74, 6) is 0. The summed E-state index contributed by atoms with van der Waals surface area (Å²) < 4.78 is 73.6. The van der Waals surface area contributed by atoms with Gasteiger partial charge >= 0.3 is 6.18 Å². The van der Waals surface area contributed by atoms with Crippen molar-refractivity contribution < 1.29 is 31.4 Å². The van der Waals surface area contributed by atoms with Gasteiger partial charge in [-0.2, -0.15) is 17.5 Å². The summed E-state index contributed by atoms with van der Waals surface area (Å²) in [4.78, 5) is 4.28. The van der Waals surface area contributed by atoms with Crippen molar-refractivity contribution in [3.63, 3.8) is 0 Å². The number of halogens is 3. The van der Waals surface area contributed by atoms with E-state index in [1.807, 2.05) is 11.8 Å². The zero-order valence-corrected chi connectivity index (χ0v) is 21.2. The molecule has 35 heavy (non-hydrogen) atoms. The van der Waals surface area contributed by atoms with Gasteiger partial charge in [0.25, 0.3) is 10.0 Å². The zero-order valence-electron chi connectivity index (χ0n) is 19.6. The van der Waals surface area contributed by atoms with E-state index < -0.39 is 21.8 Å². The van der Waals surface area contributed by atoms with Crippen molar-refractivity contribution in [1.82, 2.24) is 9.21 Å². The highest BCUT2D eigenvalue weighted by molar-refractivity contribution is 7.91. The van der Waals surface area contributed by atoms with Crippen molar-refractivity contribution >= 4 is 27.0 Å². The lowest BCUT2D eigenvalue weighted by Crippen LogP contribution is -2.59. The number of alkyl halides is 3. The summed E-state index contributed by atoms with van der Waals surface area (Å²) in [7, 11) is -3.63. The molecule has 12 heteroatoms. The Labute approximate surface area is 207 Å². The molecule has 2 aliphatic rings. The fourth-order valence-corrected chi connectivity index (χ4v) is 7.19. The van der Waals surface area contributed by atoms with E-state index in [0.717, 1.165) is 20.0 Å². The van der Waals surface area contributed by atoms with E-state index in [0.29, 0.717) is 29.6 Å². The molecule has 3 heterocycles. The first-order valence-electron chi connectivity index (χ1n) is 11.4. The van der Waals surface area contributed by atoms with Crippen molar-refractivity contribution in [2.45, 2.75) is 42.0 Å². The molecule has 2 aromatic rings. The summed E-state index contributed by atoms with van der Waals surface area (Å²) in [5, 5.41) is 11.7. The molecule has 2 fully saturated rings. The maximum atomic E-state index is 13.3. The molecule has 0 unspecified atom stereocenters. The van der Waals surface area contributed by atoms with Gasteiger partial charge in [-0.1, -0.05) is 18.2 Å². The minimum atomic E-state index is -4.80. The third-order valence-electron chi connectivity index (χ3n) is 6.64. The molecule has 194 valence electrons. The summed E-state index contributed by atoms with van der Waals surface area (Å²) >= 11 is 1.18. The van der Waals surface area contributed by atoms with E-state index in [9.17, 15) is 26.7 Å². The Kier molecular flexibility index (Phi) is 7.52. The number of nitrogens with zero attached hydrogens (tertiary/aromatic N) is 3. The number of ether oxygens (including phenoxy) is 1. The number of thiophene rings is 1.